The molecule has 0 aliphatic heterocycles. The van der Waals surface area contributed by atoms with E-state index in [1.165, 1.54) is 19.2 Å². The van der Waals surface area contributed by atoms with E-state index in [2.05, 4.69) is 0 Å². The number of carbonyl (C=O) groups excluding carboxylic acids is 1. The Kier molecular flexibility index (Phi) is 5.30. The van der Waals surface area contributed by atoms with Gasteiger partial charge in [-0.1, -0.05) is 31.9 Å². The molecule has 0 fully saturated rings. The molecule has 0 spiro atoms. The summed E-state index contributed by atoms with van der Waals surface area (Å²) in [5.74, 6) is -0.631. The number of nitro benzene ring substituents is 1. The van der Waals surface area contributed by atoms with Crippen LogP contribution in [0.3, 0.4) is 0 Å². The van der Waals surface area contributed by atoms with Crippen LogP contribution in [0.4, 0.5) is 5.69 Å². The molecule has 0 N–H and O–H groups in total. The molecule has 0 saturated carbocycles. The van der Waals surface area contributed by atoms with Gasteiger partial charge in [0.1, 0.15) is 0 Å². The highest BCUT2D eigenvalue weighted by Gasteiger charge is 2.21. The minimum absolute atomic E-state index is 0.0258. The quantitative estimate of drug-likeness (QED) is 0.442. The van der Waals surface area contributed by atoms with Gasteiger partial charge in [-0.3, -0.25) is 14.9 Å². The van der Waals surface area contributed by atoms with Crippen LogP contribution in [0.1, 0.15) is 37.7 Å². The highest BCUT2D eigenvalue weighted by molar-refractivity contribution is 5.78. The van der Waals surface area contributed by atoms with Crippen molar-refractivity contribution in [3.05, 3.63) is 39.9 Å². The second-order valence-electron chi connectivity index (χ2n) is 4.07. The molecule has 18 heavy (non-hydrogen) atoms. The van der Waals surface area contributed by atoms with E-state index in [0.717, 1.165) is 18.4 Å². The zero-order valence-electron chi connectivity index (χ0n) is 10.6. The van der Waals surface area contributed by atoms with E-state index < -0.39 is 4.92 Å². The number of carbonyl (C=O) groups is 1. The molecule has 1 aromatic rings. The minimum Gasteiger partial charge on any atom is -0.469 e. The molecule has 5 nitrogen and oxygen atoms in total. The molecular formula is C13H17NO4. The lowest BCUT2D eigenvalue weighted by atomic mass is 9.93. The molecule has 0 amide bonds. The second-order valence-corrected chi connectivity index (χ2v) is 4.07. The molecule has 0 aromatic heterocycles. The normalized spacial score (nSPS) is 11.9. The predicted octanol–water partition coefficient (Wildman–Crippen LogP) is 3.04. The number of unbranched alkanes of at least 4 members (excludes halogenated alkanes) is 1. The third-order valence-corrected chi connectivity index (χ3v) is 2.84. The van der Waals surface area contributed by atoms with E-state index in [1.54, 1.807) is 12.1 Å². The maximum Gasteiger partial charge on any atom is 0.313 e. The fourth-order valence-corrected chi connectivity index (χ4v) is 1.80. The lowest BCUT2D eigenvalue weighted by molar-refractivity contribution is -0.384. The molecule has 0 bridgehead atoms. The Balaban J connectivity index is 2.90. The first-order valence-corrected chi connectivity index (χ1v) is 5.92. The van der Waals surface area contributed by atoms with E-state index >= 15 is 0 Å². The fourth-order valence-electron chi connectivity index (χ4n) is 1.80. The third-order valence-electron chi connectivity index (χ3n) is 2.84. The summed E-state index contributed by atoms with van der Waals surface area (Å²) in [6.45, 7) is 2.05. The number of nitro groups is 1. The summed E-state index contributed by atoms with van der Waals surface area (Å²) in [6, 6.07) is 6.07. The topological polar surface area (TPSA) is 69.4 Å². The fraction of sp³-hybridized carbons (Fsp3) is 0.462. The van der Waals surface area contributed by atoms with Gasteiger partial charge in [0.25, 0.3) is 5.69 Å². The van der Waals surface area contributed by atoms with Crippen molar-refractivity contribution in [1.82, 2.24) is 0 Å². The summed E-state index contributed by atoms with van der Waals surface area (Å²) in [5.41, 5.74) is 0.791. The van der Waals surface area contributed by atoms with Gasteiger partial charge in [0, 0.05) is 12.1 Å². The molecule has 5 heteroatoms. The summed E-state index contributed by atoms with van der Waals surface area (Å²) < 4.78 is 4.77. The molecule has 0 radical (unpaired) electrons. The molecule has 1 aromatic carbocycles. The SMILES string of the molecule is CCCCC(C(=O)OC)c1ccc([N+](=O)[O-])cc1. The van der Waals surface area contributed by atoms with E-state index in [-0.39, 0.29) is 17.6 Å². The molecule has 1 unspecified atom stereocenters. The first-order valence-electron chi connectivity index (χ1n) is 5.92. The number of esters is 1. The summed E-state index contributed by atoms with van der Waals surface area (Å²) in [5, 5.41) is 10.6. The van der Waals surface area contributed by atoms with Crippen molar-refractivity contribution in [2.24, 2.45) is 0 Å². The van der Waals surface area contributed by atoms with E-state index in [9.17, 15) is 14.9 Å². The van der Waals surface area contributed by atoms with Gasteiger partial charge in [0.2, 0.25) is 0 Å². The lowest BCUT2D eigenvalue weighted by Crippen LogP contribution is -2.14. The average Bonchev–Trinajstić information content (AvgIpc) is 2.39. The number of methoxy groups -OCH3 is 1. The summed E-state index contributed by atoms with van der Waals surface area (Å²) in [7, 11) is 1.35. The summed E-state index contributed by atoms with van der Waals surface area (Å²) >= 11 is 0. The highest BCUT2D eigenvalue weighted by atomic mass is 16.6. The number of hydrogen-bond acceptors (Lipinski definition) is 4. The maximum atomic E-state index is 11.7. The van der Waals surface area contributed by atoms with Crippen molar-refractivity contribution in [2.75, 3.05) is 7.11 Å². The Hall–Kier alpha value is -1.91. The number of benzene rings is 1. The number of nitrogens with zero attached hydrogens (tertiary/aromatic N) is 1. The van der Waals surface area contributed by atoms with Gasteiger partial charge in [-0.05, 0) is 12.0 Å². The van der Waals surface area contributed by atoms with Crippen molar-refractivity contribution >= 4 is 11.7 Å². The standard InChI is InChI=1S/C13H17NO4/c1-3-4-5-12(13(15)18-2)10-6-8-11(9-7-10)14(16)17/h6-9,12H,3-5H2,1-2H3. The van der Waals surface area contributed by atoms with Crippen LogP contribution in [0.25, 0.3) is 0 Å². The van der Waals surface area contributed by atoms with Crippen LogP contribution in [-0.4, -0.2) is 18.0 Å². The monoisotopic (exact) mass is 251 g/mol. The van der Waals surface area contributed by atoms with Crippen LogP contribution < -0.4 is 0 Å². The smallest absolute Gasteiger partial charge is 0.313 e. The molecule has 98 valence electrons. The average molecular weight is 251 g/mol. The van der Waals surface area contributed by atoms with Gasteiger partial charge in [0.15, 0.2) is 0 Å². The molecule has 0 aliphatic rings. The summed E-state index contributed by atoms with van der Waals surface area (Å²) in [6.07, 6.45) is 2.60. The Labute approximate surface area is 106 Å². The van der Waals surface area contributed by atoms with E-state index in [1.807, 2.05) is 6.92 Å². The Morgan fingerprint density at radius 3 is 2.44 bits per heavy atom. The van der Waals surface area contributed by atoms with Gasteiger partial charge in [-0.2, -0.15) is 0 Å². The van der Waals surface area contributed by atoms with E-state index in [0.29, 0.717) is 6.42 Å². The Bertz CT molecular complexity index is 414. The number of non-ortho nitro benzene ring substituents is 1. The van der Waals surface area contributed by atoms with Gasteiger partial charge in [-0.15, -0.1) is 0 Å². The number of ether oxygens (including phenoxy) is 1. The number of hydrogen-bond donors (Lipinski definition) is 0. The maximum absolute atomic E-state index is 11.7. The van der Waals surface area contributed by atoms with Gasteiger partial charge < -0.3 is 4.74 Å². The van der Waals surface area contributed by atoms with Crippen molar-refractivity contribution in [3.8, 4) is 0 Å². The molecule has 1 atom stereocenters. The minimum atomic E-state index is -0.455. The lowest BCUT2D eigenvalue weighted by Gasteiger charge is -2.14. The Morgan fingerprint density at radius 2 is 2.00 bits per heavy atom. The largest absolute Gasteiger partial charge is 0.469 e. The molecule has 0 heterocycles. The zero-order chi connectivity index (χ0) is 13.5. The van der Waals surface area contributed by atoms with Crippen molar-refractivity contribution < 1.29 is 14.5 Å². The first-order chi connectivity index (χ1) is 8.60. The second kappa shape index (κ2) is 6.74. The number of rotatable bonds is 6. The van der Waals surface area contributed by atoms with Crippen molar-refractivity contribution in [2.45, 2.75) is 32.1 Å². The Morgan fingerprint density at radius 1 is 1.39 bits per heavy atom. The van der Waals surface area contributed by atoms with E-state index in [4.69, 9.17) is 4.74 Å². The molecular weight excluding hydrogens is 234 g/mol. The predicted molar refractivity (Wildman–Crippen MR) is 67.4 cm³/mol. The van der Waals surface area contributed by atoms with Gasteiger partial charge in [-0.25, -0.2) is 0 Å². The molecule has 0 saturated heterocycles. The van der Waals surface area contributed by atoms with Crippen LogP contribution in [0.5, 0.6) is 0 Å². The van der Waals surface area contributed by atoms with Gasteiger partial charge in [0.05, 0.1) is 18.0 Å². The van der Waals surface area contributed by atoms with Crippen LogP contribution in [0.15, 0.2) is 24.3 Å². The molecule has 1 rings (SSSR count). The third kappa shape index (κ3) is 3.55. The van der Waals surface area contributed by atoms with Crippen molar-refractivity contribution in [1.29, 1.82) is 0 Å². The first kappa shape index (κ1) is 14.2. The van der Waals surface area contributed by atoms with Crippen LogP contribution in [-0.2, 0) is 9.53 Å². The molecule has 0 aliphatic carbocycles. The van der Waals surface area contributed by atoms with Crippen LogP contribution in [0, 0.1) is 10.1 Å². The van der Waals surface area contributed by atoms with Crippen molar-refractivity contribution in [3.63, 3.8) is 0 Å². The van der Waals surface area contributed by atoms with Gasteiger partial charge >= 0.3 is 5.97 Å². The van der Waals surface area contributed by atoms with Crippen LogP contribution in [0.2, 0.25) is 0 Å². The van der Waals surface area contributed by atoms with Crippen LogP contribution >= 0.6 is 0 Å². The highest BCUT2D eigenvalue weighted by Crippen LogP contribution is 2.25. The summed E-state index contributed by atoms with van der Waals surface area (Å²) in [4.78, 5) is 21.8. The zero-order valence-corrected chi connectivity index (χ0v) is 10.6.